The zero-order chi connectivity index (χ0) is 21.8. The van der Waals surface area contributed by atoms with E-state index >= 15 is 0 Å². The minimum Gasteiger partial charge on any atom is -0.354 e. The minimum absolute atomic E-state index is 0.0509. The Bertz CT molecular complexity index is 980. The number of benzene rings is 1. The predicted molar refractivity (Wildman–Crippen MR) is 125 cm³/mol. The van der Waals surface area contributed by atoms with Crippen molar-refractivity contribution in [3.8, 4) is 0 Å². The van der Waals surface area contributed by atoms with E-state index in [1.54, 1.807) is 4.31 Å². The quantitative estimate of drug-likeness (QED) is 0.736. The molecule has 168 valence electrons. The van der Waals surface area contributed by atoms with Crippen LogP contribution in [0.2, 0.25) is 0 Å². The van der Waals surface area contributed by atoms with E-state index in [2.05, 4.69) is 15.2 Å². The maximum atomic E-state index is 12.9. The molecule has 1 aliphatic carbocycles. The Morgan fingerprint density at radius 2 is 1.65 bits per heavy atom. The molecule has 2 aliphatic rings. The third kappa shape index (κ3) is 5.74. The molecule has 8 heteroatoms. The predicted octanol–water partition coefficient (Wildman–Crippen LogP) is 3.49. The molecule has 0 amide bonds. The number of aromatic nitrogens is 2. The number of hydrogen-bond donors (Lipinski definition) is 1. The van der Waals surface area contributed by atoms with Gasteiger partial charge >= 0.3 is 0 Å². The molecule has 1 saturated heterocycles. The highest BCUT2D eigenvalue weighted by Crippen LogP contribution is 2.23. The zero-order valence-corrected chi connectivity index (χ0v) is 19.4. The van der Waals surface area contributed by atoms with Crippen LogP contribution in [0.1, 0.15) is 48.9 Å². The van der Waals surface area contributed by atoms with Crippen molar-refractivity contribution in [3.63, 3.8) is 0 Å². The van der Waals surface area contributed by atoms with E-state index in [-0.39, 0.29) is 5.75 Å². The van der Waals surface area contributed by atoms with Crippen LogP contribution in [0.4, 0.5) is 11.8 Å². The van der Waals surface area contributed by atoms with Gasteiger partial charge in [-0.1, -0.05) is 49.1 Å². The summed E-state index contributed by atoms with van der Waals surface area (Å²) < 4.78 is 27.4. The molecule has 0 spiro atoms. The Labute approximate surface area is 185 Å². The van der Waals surface area contributed by atoms with Crippen molar-refractivity contribution in [1.82, 2.24) is 14.3 Å². The first-order chi connectivity index (χ1) is 14.9. The van der Waals surface area contributed by atoms with E-state index in [1.165, 1.54) is 32.1 Å². The van der Waals surface area contributed by atoms with Crippen molar-refractivity contribution in [3.05, 3.63) is 47.2 Å². The van der Waals surface area contributed by atoms with Gasteiger partial charge in [-0.25, -0.2) is 13.4 Å². The lowest BCUT2D eigenvalue weighted by atomic mass is 9.96. The summed E-state index contributed by atoms with van der Waals surface area (Å²) in [4.78, 5) is 11.5. The summed E-state index contributed by atoms with van der Waals surface area (Å²) in [6, 6.07) is 10.1. The molecule has 1 N–H and O–H groups in total. The van der Waals surface area contributed by atoms with Gasteiger partial charge in [-0.15, -0.1) is 0 Å². The molecule has 2 heterocycles. The number of anilines is 2. The molecule has 31 heavy (non-hydrogen) atoms. The number of nitrogens with one attached hydrogen (secondary N) is 1. The van der Waals surface area contributed by atoms with E-state index in [0.29, 0.717) is 38.2 Å². The lowest BCUT2D eigenvalue weighted by molar-refractivity contribution is 0.383. The second kappa shape index (κ2) is 9.53. The average Bonchev–Trinajstić information content (AvgIpc) is 2.76. The van der Waals surface area contributed by atoms with E-state index in [9.17, 15) is 8.42 Å². The van der Waals surface area contributed by atoms with Crippen LogP contribution in [0.15, 0.2) is 30.3 Å². The highest BCUT2D eigenvalue weighted by Gasteiger charge is 2.28. The van der Waals surface area contributed by atoms with E-state index < -0.39 is 10.0 Å². The van der Waals surface area contributed by atoms with Crippen LogP contribution >= 0.6 is 0 Å². The van der Waals surface area contributed by atoms with E-state index in [4.69, 9.17) is 4.98 Å². The largest absolute Gasteiger partial charge is 0.354 e. The fourth-order valence-corrected chi connectivity index (χ4v) is 5.91. The van der Waals surface area contributed by atoms with Gasteiger partial charge in [0.05, 0.1) is 5.75 Å². The third-order valence-electron chi connectivity index (χ3n) is 6.20. The standard InChI is InChI=1S/C23H33N5O2S/c1-18-8-10-20(11-9-18)17-31(29,30)28-14-12-27(13-15-28)22-16-19(2)24-23(26-22)25-21-6-4-3-5-7-21/h8-11,16,21H,3-7,12-15,17H2,1-2H3,(H,24,25,26). The van der Waals surface area contributed by atoms with Crippen molar-refractivity contribution in [2.45, 2.75) is 57.7 Å². The van der Waals surface area contributed by atoms with Crippen molar-refractivity contribution >= 4 is 21.8 Å². The smallest absolute Gasteiger partial charge is 0.225 e. The summed E-state index contributed by atoms with van der Waals surface area (Å²) in [6.07, 6.45) is 6.17. The van der Waals surface area contributed by atoms with Crippen LogP contribution in [-0.4, -0.2) is 54.9 Å². The highest BCUT2D eigenvalue weighted by molar-refractivity contribution is 7.88. The lowest BCUT2D eigenvalue weighted by Gasteiger charge is -2.35. The number of rotatable bonds is 6. The highest BCUT2D eigenvalue weighted by atomic mass is 32.2. The number of sulfonamides is 1. The summed E-state index contributed by atoms with van der Waals surface area (Å²) in [5.74, 6) is 1.62. The van der Waals surface area contributed by atoms with Crippen LogP contribution in [0.3, 0.4) is 0 Å². The van der Waals surface area contributed by atoms with Gasteiger partial charge in [0.1, 0.15) is 5.82 Å². The maximum Gasteiger partial charge on any atom is 0.225 e. The van der Waals surface area contributed by atoms with Gasteiger partial charge < -0.3 is 10.2 Å². The average molecular weight is 444 g/mol. The normalized spacial score (nSPS) is 18.8. The molecule has 0 radical (unpaired) electrons. The number of nitrogens with zero attached hydrogens (tertiary/aromatic N) is 4. The number of hydrogen-bond acceptors (Lipinski definition) is 6. The van der Waals surface area contributed by atoms with Crippen LogP contribution in [0.5, 0.6) is 0 Å². The first kappa shape index (κ1) is 22.0. The van der Waals surface area contributed by atoms with Crippen LogP contribution in [0, 0.1) is 13.8 Å². The van der Waals surface area contributed by atoms with E-state index in [1.807, 2.05) is 44.2 Å². The van der Waals surface area contributed by atoms with Gasteiger partial charge in [-0.3, -0.25) is 0 Å². The molecule has 0 atom stereocenters. The Hall–Kier alpha value is -2.19. The van der Waals surface area contributed by atoms with Crippen molar-refractivity contribution in [1.29, 1.82) is 0 Å². The monoisotopic (exact) mass is 443 g/mol. The van der Waals surface area contributed by atoms with Gasteiger partial charge in [0.15, 0.2) is 0 Å². The molecule has 1 saturated carbocycles. The van der Waals surface area contributed by atoms with E-state index in [0.717, 1.165) is 22.6 Å². The van der Waals surface area contributed by atoms with Crippen molar-refractivity contribution < 1.29 is 8.42 Å². The Morgan fingerprint density at radius 3 is 2.32 bits per heavy atom. The molecule has 0 unspecified atom stereocenters. The fourth-order valence-electron chi connectivity index (χ4n) is 4.39. The van der Waals surface area contributed by atoms with Gasteiger partial charge in [0.25, 0.3) is 0 Å². The summed E-state index contributed by atoms with van der Waals surface area (Å²) in [5, 5.41) is 3.51. The second-order valence-electron chi connectivity index (χ2n) is 8.80. The second-order valence-corrected chi connectivity index (χ2v) is 10.8. The Balaban J connectivity index is 1.38. The molecular formula is C23H33N5O2S. The molecule has 1 aliphatic heterocycles. The Morgan fingerprint density at radius 1 is 0.968 bits per heavy atom. The first-order valence-electron chi connectivity index (χ1n) is 11.3. The zero-order valence-electron chi connectivity index (χ0n) is 18.5. The van der Waals surface area contributed by atoms with Gasteiger partial charge in [-0.05, 0) is 32.3 Å². The molecule has 1 aromatic heterocycles. The summed E-state index contributed by atoms with van der Waals surface area (Å²) in [5.41, 5.74) is 2.89. The lowest BCUT2D eigenvalue weighted by Crippen LogP contribution is -2.49. The molecule has 1 aromatic carbocycles. The molecule has 2 aromatic rings. The molecule has 7 nitrogen and oxygen atoms in total. The number of aryl methyl sites for hydroxylation is 2. The van der Waals surface area contributed by atoms with Crippen molar-refractivity contribution in [2.24, 2.45) is 0 Å². The SMILES string of the molecule is Cc1ccc(CS(=O)(=O)N2CCN(c3cc(C)nc(NC4CCCCC4)n3)CC2)cc1. The molecule has 2 fully saturated rings. The van der Waals surface area contributed by atoms with Crippen LogP contribution < -0.4 is 10.2 Å². The number of piperazine rings is 1. The fraction of sp³-hybridized carbons (Fsp3) is 0.565. The van der Waals surface area contributed by atoms with Gasteiger partial charge in [-0.2, -0.15) is 9.29 Å². The van der Waals surface area contributed by atoms with Crippen molar-refractivity contribution in [2.75, 3.05) is 36.4 Å². The third-order valence-corrected chi connectivity index (χ3v) is 8.05. The summed E-state index contributed by atoms with van der Waals surface area (Å²) >= 11 is 0. The maximum absolute atomic E-state index is 12.9. The van der Waals surface area contributed by atoms with Crippen LogP contribution in [-0.2, 0) is 15.8 Å². The van der Waals surface area contributed by atoms with Crippen LogP contribution in [0.25, 0.3) is 0 Å². The first-order valence-corrected chi connectivity index (χ1v) is 12.9. The molecule has 4 rings (SSSR count). The summed E-state index contributed by atoms with van der Waals surface area (Å²) in [7, 11) is -3.33. The minimum atomic E-state index is -3.33. The summed E-state index contributed by atoms with van der Waals surface area (Å²) in [6.45, 7) is 6.20. The topological polar surface area (TPSA) is 78.4 Å². The van der Waals surface area contributed by atoms with Gasteiger partial charge in [0, 0.05) is 44.0 Å². The Kier molecular flexibility index (Phi) is 6.77. The molecular weight excluding hydrogens is 410 g/mol. The molecule has 0 bridgehead atoms. The van der Waals surface area contributed by atoms with Gasteiger partial charge in [0.2, 0.25) is 16.0 Å².